The molecule has 0 saturated heterocycles. The van der Waals surface area contributed by atoms with Gasteiger partial charge in [-0.25, -0.2) is 4.79 Å². The van der Waals surface area contributed by atoms with Crippen molar-refractivity contribution >= 4 is 22.8 Å². The van der Waals surface area contributed by atoms with Crippen LogP contribution < -0.4 is 4.90 Å². The van der Waals surface area contributed by atoms with Gasteiger partial charge in [-0.2, -0.15) is 5.26 Å². The van der Waals surface area contributed by atoms with Gasteiger partial charge >= 0.3 is 5.97 Å². The number of carbonyl (C=O) groups excluding carboxylic acids is 1. The molecule has 3 aromatic rings. The van der Waals surface area contributed by atoms with Gasteiger partial charge in [0.05, 0.1) is 30.0 Å². The summed E-state index contributed by atoms with van der Waals surface area (Å²) in [4.78, 5) is 18.5. The van der Waals surface area contributed by atoms with E-state index in [-0.39, 0.29) is 5.97 Å². The molecule has 0 spiro atoms. The first-order valence-electron chi connectivity index (χ1n) is 9.48. The molecule has 0 aliphatic carbocycles. The lowest BCUT2D eigenvalue weighted by Gasteiger charge is -2.28. The van der Waals surface area contributed by atoms with Gasteiger partial charge in [0.1, 0.15) is 0 Å². The first kappa shape index (κ1) is 19.2. The standard InChI is InChI=1S/C25H19N3O2/c1-30-25(29)18-8-6-9-22(14-18)28-16-20(23-10-3-2-7-19(23)15-26)13-21(17-28)24-11-4-5-12-27-24/h2-14,17H,16H2,1H3. The highest BCUT2D eigenvalue weighted by atomic mass is 16.5. The highest BCUT2D eigenvalue weighted by molar-refractivity contribution is 5.92. The molecule has 5 heteroatoms. The van der Waals surface area contributed by atoms with Crippen LogP contribution in [0.25, 0.3) is 11.1 Å². The van der Waals surface area contributed by atoms with Crippen LogP contribution in [0.1, 0.15) is 27.2 Å². The molecule has 0 amide bonds. The van der Waals surface area contributed by atoms with Crippen molar-refractivity contribution in [3.05, 3.63) is 108 Å². The maximum absolute atomic E-state index is 12.0. The zero-order valence-corrected chi connectivity index (χ0v) is 16.4. The van der Waals surface area contributed by atoms with Crippen LogP contribution >= 0.6 is 0 Å². The Labute approximate surface area is 175 Å². The van der Waals surface area contributed by atoms with E-state index in [2.05, 4.69) is 22.0 Å². The number of carbonyl (C=O) groups is 1. The van der Waals surface area contributed by atoms with Crippen LogP contribution in [0.2, 0.25) is 0 Å². The van der Waals surface area contributed by atoms with Gasteiger partial charge in [0.15, 0.2) is 0 Å². The first-order valence-corrected chi connectivity index (χ1v) is 9.48. The van der Waals surface area contributed by atoms with E-state index in [1.165, 1.54) is 7.11 Å². The fourth-order valence-electron chi connectivity index (χ4n) is 3.46. The Hall–Kier alpha value is -4.17. The summed E-state index contributed by atoms with van der Waals surface area (Å²) < 4.78 is 4.86. The predicted molar refractivity (Wildman–Crippen MR) is 116 cm³/mol. The number of nitrogens with zero attached hydrogens (tertiary/aromatic N) is 3. The third kappa shape index (κ3) is 3.85. The van der Waals surface area contributed by atoms with Crippen LogP contribution in [0.3, 0.4) is 0 Å². The fraction of sp³-hybridized carbons (Fsp3) is 0.0800. The molecule has 0 atom stereocenters. The van der Waals surface area contributed by atoms with E-state index < -0.39 is 0 Å². The quantitative estimate of drug-likeness (QED) is 0.602. The van der Waals surface area contributed by atoms with Crippen molar-refractivity contribution in [3.8, 4) is 6.07 Å². The van der Waals surface area contributed by atoms with E-state index in [1.54, 1.807) is 18.3 Å². The summed E-state index contributed by atoms with van der Waals surface area (Å²) in [5, 5.41) is 9.57. The van der Waals surface area contributed by atoms with E-state index in [0.717, 1.165) is 28.1 Å². The van der Waals surface area contributed by atoms with E-state index in [0.29, 0.717) is 17.7 Å². The minimum atomic E-state index is -0.381. The fourth-order valence-corrected chi connectivity index (χ4v) is 3.46. The summed E-state index contributed by atoms with van der Waals surface area (Å²) >= 11 is 0. The van der Waals surface area contributed by atoms with Crippen molar-refractivity contribution in [2.45, 2.75) is 0 Å². The monoisotopic (exact) mass is 393 g/mol. The normalized spacial score (nSPS) is 13.1. The number of anilines is 1. The SMILES string of the molecule is COC(=O)c1cccc(N2C=C(c3ccccn3)C=C(c3ccccc3C#N)C2)c1. The third-order valence-corrected chi connectivity index (χ3v) is 4.92. The summed E-state index contributed by atoms with van der Waals surface area (Å²) in [6.07, 6.45) is 5.83. The summed E-state index contributed by atoms with van der Waals surface area (Å²) in [5.41, 5.74) is 5.60. The number of aromatic nitrogens is 1. The molecule has 4 rings (SSSR count). The maximum Gasteiger partial charge on any atom is 0.337 e. The van der Waals surface area contributed by atoms with Crippen LogP contribution in [0.15, 0.2) is 85.2 Å². The van der Waals surface area contributed by atoms with Crippen LogP contribution in [0.4, 0.5) is 5.69 Å². The van der Waals surface area contributed by atoms with Gasteiger partial charge in [-0.3, -0.25) is 4.98 Å². The number of allylic oxidation sites excluding steroid dienone is 2. The molecule has 0 bridgehead atoms. The van der Waals surface area contributed by atoms with Crippen LogP contribution in [-0.4, -0.2) is 24.6 Å². The number of ether oxygens (including phenoxy) is 1. The zero-order valence-electron chi connectivity index (χ0n) is 16.4. The minimum Gasteiger partial charge on any atom is -0.465 e. The summed E-state index contributed by atoms with van der Waals surface area (Å²) in [5.74, 6) is -0.381. The number of hydrogen-bond acceptors (Lipinski definition) is 5. The Morgan fingerprint density at radius 3 is 2.70 bits per heavy atom. The molecule has 1 aromatic heterocycles. The predicted octanol–water partition coefficient (Wildman–Crippen LogP) is 4.68. The maximum atomic E-state index is 12.0. The van der Waals surface area contributed by atoms with Gasteiger partial charge in [-0.1, -0.05) is 30.3 Å². The summed E-state index contributed by atoms with van der Waals surface area (Å²) in [7, 11) is 1.37. The second-order valence-corrected chi connectivity index (χ2v) is 6.80. The Kier molecular flexibility index (Phi) is 5.40. The van der Waals surface area contributed by atoms with E-state index >= 15 is 0 Å². The zero-order chi connectivity index (χ0) is 20.9. The van der Waals surface area contributed by atoms with E-state index in [4.69, 9.17) is 4.74 Å². The molecule has 0 fully saturated rings. The molecule has 0 radical (unpaired) electrons. The average molecular weight is 393 g/mol. The molecule has 146 valence electrons. The van der Waals surface area contributed by atoms with Gasteiger partial charge in [-0.05, 0) is 53.6 Å². The molecule has 30 heavy (non-hydrogen) atoms. The minimum absolute atomic E-state index is 0.381. The van der Waals surface area contributed by atoms with E-state index in [1.807, 2.05) is 60.8 Å². The van der Waals surface area contributed by atoms with Gasteiger partial charge in [0.2, 0.25) is 0 Å². The van der Waals surface area contributed by atoms with Crippen molar-refractivity contribution in [2.75, 3.05) is 18.6 Å². The molecular weight excluding hydrogens is 374 g/mol. The van der Waals surface area contributed by atoms with E-state index in [9.17, 15) is 10.1 Å². The van der Waals surface area contributed by atoms with Crippen molar-refractivity contribution in [1.82, 2.24) is 4.98 Å². The smallest absolute Gasteiger partial charge is 0.337 e. The number of rotatable bonds is 4. The van der Waals surface area contributed by atoms with Gasteiger partial charge in [0.25, 0.3) is 0 Å². The molecule has 2 heterocycles. The molecular formula is C25H19N3O2. The van der Waals surface area contributed by atoms with Crippen LogP contribution in [0, 0.1) is 11.3 Å². The highest BCUT2D eigenvalue weighted by Gasteiger charge is 2.19. The lowest BCUT2D eigenvalue weighted by molar-refractivity contribution is 0.0601. The molecule has 0 saturated carbocycles. The van der Waals surface area contributed by atoms with Gasteiger partial charge in [0, 0.05) is 30.2 Å². The van der Waals surface area contributed by atoms with Crippen LogP contribution in [0.5, 0.6) is 0 Å². The lowest BCUT2D eigenvalue weighted by Crippen LogP contribution is -2.23. The Balaban J connectivity index is 1.81. The molecule has 5 nitrogen and oxygen atoms in total. The Morgan fingerprint density at radius 1 is 1.10 bits per heavy atom. The number of esters is 1. The van der Waals surface area contributed by atoms with Crippen LogP contribution in [-0.2, 0) is 4.74 Å². The second kappa shape index (κ2) is 8.46. The third-order valence-electron chi connectivity index (χ3n) is 4.92. The molecule has 1 aliphatic heterocycles. The molecule has 0 N–H and O–H groups in total. The van der Waals surface area contributed by atoms with Crippen molar-refractivity contribution < 1.29 is 9.53 Å². The topological polar surface area (TPSA) is 66.2 Å². The highest BCUT2D eigenvalue weighted by Crippen LogP contribution is 2.32. The van der Waals surface area contributed by atoms with Crippen molar-refractivity contribution in [1.29, 1.82) is 5.26 Å². The molecule has 2 aromatic carbocycles. The van der Waals surface area contributed by atoms with Crippen molar-refractivity contribution in [3.63, 3.8) is 0 Å². The van der Waals surface area contributed by atoms with Gasteiger partial charge < -0.3 is 9.64 Å². The number of methoxy groups -OCH3 is 1. The number of benzene rings is 2. The number of nitriles is 1. The number of hydrogen-bond donors (Lipinski definition) is 0. The first-order chi connectivity index (χ1) is 14.7. The number of pyridine rings is 1. The molecule has 1 aliphatic rings. The van der Waals surface area contributed by atoms with Crippen molar-refractivity contribution in [2.24, 2.45) is 0 Å². The Bertz CT molecular complexity index is 1190. The van der Waals surface area contributed by atoms with Gasteiger partial charge in [-0.15, -0.1) is 0 Å². The Morgan fingerprint density at radius 2 is 1.93 bits per heavy atom. The average Bonchev–Trinajstić information content (AvgIpc) is 2.83. The second-order valence-electron chi connectivity index (χ2n) is 6.80. The lowest BCUT2D eigenvalue weighted by atomic mass is 9.94. The largest absolute Gasteiger partial charge is 0.465 e. The summed E-state index contributed by atoms with van der Waals surface area (Å²) in [6, 6.07) is 22.9. The molecule has 0 unspecified atom stereocenters. The summed E-state index contributed by atoms with van der Waals surface area (Å²) in [6.45, 7) is 0.555.